The molecule has 1 heterocycles. The minimum atomic E-state index is 0.873. The Bertz CT molecular complexity index is 172. The van der Waals surface area contributed by atoms with Crippen LogP contribution in [0.25, 0.3) is 0 Å². The van der Waals surface area contributed by atoms with Crippen LogP contribution in [0.1, 0.15) is 39.0 Å². The van der Waals surface area contributed by atoms with Gasteiger partial charge in [0.1, 0.15) is 0 Å². The van der Waals surface area contributed by atoms with Crippen molar-refractivity contribution < 1.29 is 0 Å². The lowest BCUT2D eigenvalue weighted by molar-refractivity contribution is 0.276. The minimum absolute atomic E-state index is 0.873. The number of nitrogens with zero attached hydrogens (tertiary/aromatic N) is 1. The Hall–Kier alpha value is -0.330. The molecule has 0 aromatic rings. The van der Waals surface area contributed by atoms with Crippen LogP contribution in [0.4, 0.5) is 0 Å². The second kappa shape index (κ2) is 2.96. The van der Waals surface area contributed by atoms with Crippen molar-refractivity contribution in [1.29, 1.82) is 0 Å². The van der Waals surface area contributed by atoms with Crippen molar-refractivity contribution in [2.24, 2.45) is 16.8 Å². The lowest BCUT2D eigenvalue weighted by Gasteiger charge is -2.34. The Kier molecular flexibility index (Phi) is 1.97. The van der Waals surface area contributed by atoms with E-state index in [2.05, 4.69) is 11.9 Å². The smallest absolute Gasteiger partial charge is 0.0391 e. The summed E-state index contributed by atoms with van der Waals surface area (Å²) in [5, 5.41) is 0. The maximum Gasteiger partial charge on any atom is 0.0391 e. The Morgan fingerprint density at radius 3 is 2.82 bits per heavy atom. The molecule has 1 heteroatoms. The van der Waals surface area contributed by atoms with Gasteiger partial charge in [-0.15, -0.1) is 0 Å². The van der Waals surface area contributed by atoms with Crippen LogP contribution < -0.4 is 0 Å². The lowest BCUT2D eigenvalue weighted by Crippen LogP contribution is -2.29. The predicted octanol–water partition coefficient (Wildman–Crippen LogP) is 2.66. The third kappa shape index (κ3) is 1.33. The van der Waals surface area contributed by atoms with Crippen molar-refractivity contribution in [2.75, 3.05) is 6.54 Å². The third-order valence-electron chi connectivity index (χ3n) is 3.31. The van der Waals surface area contributed by atoms with Crippen LogP contribution in [0.5, 0.6) is 0 Å². The van der Waals surface area contributed by atoms with E-state index in [4.69, 9.17) is 0 Å². The van der Waals surface area contributed by atoms with Crippen LogP contribution >= 0.6 is 0 Å². The average molecular weight is 151 g/mol. The Balaban J connectivity index is 2.11. The molecular weight excluding hydrogens is 134 g/mol. The number of rotatable bonds is 0. The second-order valence-electron chi connectivity index (χ2n) is 3.96. The van der Waals surface area contributed by atoms with Crippen LogP contribution in [-0.2, 0) is 0 Å². The van der Waals surface area contributed by atoms with E-state index in [9.17, 15) is 0 Å². The molecule has 0 aromatic heterocycles. The first-order valence-corrected chi connectivity index (χ1v) is 4.89. The third-order valence-corrected chi connectivity index (χ3v) is 3.31. The summed E-state index contributed by atoms with van der Waals surface area (Å²) >= 11 is 0. The molecule has 1 fully saturated rings. The van der Waals surface area contributed by atoms with E-state index in [-0.39, 0.29) is 0 Å². The van der Waals surface area contributed by atoms with Gasteiger partial charge in [0.2, 0.25) is 0 Å². The first-order valence-electron chi connectivity index (χ1n) is 4.89. The van der Waals surface area contributed by atoms with Gasteiger partial charge in [-0.2, -0.15) is 0 Å². The molecule has 0 N–H and O–H groups in total. The van der Waals surface area contributed by atoms with Crippen molar-refractivity contribution in [3.8, 4) is 0 Å². The van der Waals surface area contributed by atoms with Crippen molar-refractivity contribution in [3.63, 3.8) is 0 Å². The van der Waals surface area contributed by atoms with E-state index in [0.29, 0.717) is 0 Å². The minimum Gasteiger partial charge on any atom is -0.294 e. The van der Waals surface area contributed by atoms with E-state index in [1.807, 2.05) is 0 Å². The van der Waals surface area contributed by atoms with Gasteiger partial charge >= 0.3 is 0 Å². The fourth-order valence-corrected chi connectivity index (χ4v) is 2.63. The number of hydrogen-bond donors (Lipinski definition) is 0. The Labute approximate surface area is 68.9 Å². The molecule has 0 radical (unpaired) electrons. The topological polar surface area (TPSA) is 12.4 Å². The zero-order valence-electron chi connectivity index (χ0n) is 7.34. The Morgan fingerprint density at radius 2 is 2.00 bits per heavy atom. The maximum atomic E-state index is 4.53. The Morgan fingerprint density at radius 1 is 1.18 bits per heavy atom. The highest BCUT2D eigenvalue weighted by molar-refractivity contribution is 5.85. The molecule has 1 nitrogen and oxygen atoms in total. The van der Waals surface area contributed by atoms with Crippen LogP contribution in [-0.4, -0.2) is 12.3 Å². The van der Waals surface area contributed by atoms with Crippen molar-refractivity contribution in [2.45, 2.75) is 39.0 Å². The van der Waals surface area contributed by atoms with Gasteiger partial charge in [-0.1, -0.05) is 12.8 Å². The summed E-state index contributed by atoms with van der Waals surface area (Å²) < 4.78 is 0. The van der Waals surface area contributed by atoms with Gasteiger partial charge in [0, 0.05) is 12.3 Å². The van der Waals surface area contributed by atoms with Crippen molar-refractivity contribution in [3.05, 3.63) is 0 Å². The summed E-state index contributed by atoms with van der Waals surface area (Å²) in [5.74, 6) is 1.87. The van der Waals surface area contributed by atoms with E-state index < -0.39 is 0 Å². The molecule has 2 rings (SSSR count). The van der Waals surface area contributed by atoms with Gasteiger partial charge in [0.05, 0.1) is 0 Å². The first kappa shape index (κ1) is 7.33. The van der Waals surface area contributed by atoms with Crippen LogP contribution in [0, 0.1) is 11.8 Å². The number of aliphatic imine (C=N–C) groups is 1. The lowest BCUT2D eigenvalue weighted by atomic mass is 9.74. The van der Waals surface area contributed by atoms with Crippen molar-refractivity contribution >= 4 is 5.71 Å². The van der Waals surface area contributed by atoms with E-state index in [1.54, 1.807) is 0 Å². The highest BCUT2D eigenvalue weighted by atomic mass is 14.8. The standard InChI is InChI=1S/C10H17N/c1-8-10-5-3-2-4-9(10)6-7-11-8/h9-10H,2-7H2,1H3/t9-,10+/m0/s1. The first-order chi connectivity index (χ1) is 5.38. The van der Waals surface area contributed by atoms with Gasteiger partial charge in [0.15, 0.2) is 0 Å². The predicted molar refractivity (Wildman–Crippen MR) is 48.0 cm³/mol. The van der Waals surface area contributed by atoms with Gasteiger partial charge in [-0.05, 0) is 38.0 Å². The molecule has 0 aromatic carbocycles. The van der Waals surface area contributed by atoms with Crippen LogP contribution in [0.3, 0.4) is 0 Å². The molecule has 0 bridgehead atoms. The number of fused-ring (bicyclic) bond motifs is 1. The largest absolute Gasteiger partial charge is 0.294 e. The zero-order chi connectivity index (χ0) is 7.68. The highest BCUT2D eigenvalue weighted by Crippen LogP contribution is 2.35. The van der Waals surface area contributed by atoms with Crippen LogP contribution in [0.15, 0.2) is 4.99 Å². The molecule has 2 atom stereocenters. The fraction of sp³-hybridized carbons (Fsp3) is 0.900. The molecule has 0 saturated heterocycles. The summed E-state index contributed by atoms with van der Waals surface area (Å²) in [5.41, 5.74) is 1.45. The molecule has 1 aliphatic heterocycles. The van der Waals surface area contributed by atoms with Gasteiger partial charge in [-0.3, -0.25) is 4.99 Å². The van der Waals surface area contributed by atoms with Gasteiger partial charge in [0.25, 0.3) is 0 Å². The van der Waals surface area contributed by atoms with Gasteiger partial charge < -0.3 is 0 Å². The van der Waals surface area contributed by atoms with E-state index in [0.717, 1.165) is 18.4 Å². The summed E-state index contributed by atoms with van der Waals surface area (Å²) in [4.78, 5) is 4.53. The molecule has 1 saturated carbocycles. The normalized spacial score (nSPS) is 37.7. The molecular formula is C10H17N. The summed E-state index contributed by atoms with van der Waals surface area (Å²) in [6.45, 7) is 3.33. The zero-order valence-corrected chi connectivity index (χ0v) is 7.34. The quantitative estimate of drug-likeness (QED) is 0.504. The molecule has 0 spiro atoms. The molecule has 0 unspecified atom stereocenters. The SMILES string of the molecule is CC1=NCC[C@@H]2CCCC[C@H]12. The maximum absolute atomic E-state index is 4.53. The van der Waals surface area contributed by atoms with Crippen molar-refractivity contribution in [1.82, 2.24) is 0 Å². The summed E-state index contributed by atoms with van der Waals surface area (Å²) in [7, 11) is 0. The van der Waals surface area contributed by atoms with Gasteiger partial charge in [-0.25, -0.2) is 0 Å². The molecule has 1 aliphatic carbocycles. The summed E-state index contributed by atoms with van der Waals surface area (Å²) in [6, 6.07) is 0. The molecule has 2 aliphatic rings. The second-order valence-corrected chi connectivity index (χ2v) is 3.96. The number of hydrogen-bond acceptors (Lipinski definition) is 1. The molecule has 11 heavy (non-hydrogen) atoms. The molecule has 0 amide bonds. The highest BCUT2D eigenvalue weighted by Gasteiger charge is 2.28. The van der Waals surface area contributed by atoms with Crippen LogP contribution in [0.2, 0.25) is 0 Å². The molecule has 62 valence electrons. The fourth-order valence-electron chi connectivity index (χ4n) is 2.63. The monoisotopic (exact) mass is 151 g/mol. The van der Waals surface area contributed by atoms with E-state index in [1.165, 1.54) is 37.8 Å². The average Bonchev–Trinajstić information content (AvgIpc) is 2.06. The van der Waals surface area contributed by atoms with E-state index >= 15 is 0 Å². The summed E-state index contributed by atoms with van der Waals surface area (Å²) in [6.07, 6.45) is 7.15.